The van der Waals surface area contributed by atoms with Crippen molar-refractivity contribution in [1.29, 1.82) is 0 Å². The summed E-state index contributed by atoms with van der Waals surface area (Å²) in [6.07, 6.45) is 1.56. The van der Waals surface area contributed by atoms with E-state index in [9.17, 15) is 4.79 Å². The van der Waals surface area contributed by atoms with Gasteiger partial charge in [0.15, 0.2) is 0 Å². The summed E-state index contributed by atoms with van der Waals surface area (Å²) >= 11 is 13.3. The van der Waals surface area contributed by atoms with Gasteiger partial charge in [0.25, 0.3) is 0 Å². The Hall–Kier alpha value is -0.910. The van der Waals surface area contributed by atoms with Gasteiger partial charge >= 0.3 is 5.97 Å². The van der Waals surface area contributed by atoms with E-state index < -0.39 is 0 Å². The highest BCUT2D eigenvalue weighted by Gasteiger charge is 2.10. The quantitative estimate of drug-likeness (QED) is 0.641. The molecule has 0 N–H and O–H groups in total. The molecule has 0 spiro atoms. The number of hydrogen-bond donors (Lipinski definition) is 0. The molecule has 0 radical (unpaired) electrons. The van der Waals surface area contributed by atoms with Crippen LogP contribution in [0.3, 0.4) is 0 Å². The second kappa shape index (κ2) is 5.82. The van der Waals surface area contributed by atoms with Crippen molar-refractivity contribution >= 4 is 50.7 Å². The topological polar surface area (TPSA) is 52.1 Å². The van der Waals surface area contributed by atoms with Gasteiger partial charge in [0, 0.05) is 12.8 Å². The third-order valence-electron chi connectivity index (χ3n) is 2.37. The van der Waals surface area contributed by atoms with Crippen LogP contribution in [0.2, 0.25) is 9.49 Å². The van der Waals surface area contributed by atoms with Crippen LogP contribution in [0.25, 0.3) is 10.2 Å². The predicted molar refractivity (Wildman–Crippen MR) is 72.4 cm³/mol. The maximum atomic E-state index is 11.0. The number of carbonyl (C=O) groups excluding carboxylic acids is 1. The normalized spacial score (nSPS) is 10.8. The number of hydrogen-bond acceptors (Lipinski definition) is 5. The van der Waals surface area contributed by atoms with Crippen molar-refractivity contribution in [2.45, 2.75) is 19.3 Å². The molecule has 0 atom stereocenters. The summed E-state index contributed by atoms with van der Waals surface area (Å²) in [5.74, 6) is 0.385. The van der Waals surface area contributed by atoms with Crippen molar-refractivity contribution in [2.75, 3.05) is 7.11 Å². The van der Waals surface area contributed by atoms with Crippen molar-refractivity contribution in [3.05, 3.63) is 21.4 Å². The van der Waals surface area contributed by atoms with Crippen molar-refractivity contribution in [3.63, 3.8) is 0 Å². The van der Waals surface area contributed by atoms with E-state index in [0.29, 0.717) is 34.6 Å². The van der Waals surface area contributed by atoms with E-state index in [-0.39, 0.29) is 5.97 Å². The van der Waals surface area contributed by atoms with E-state index in [4.69, 9.17) is 23.2 Å². The molecule has 0 aromatic carbocycles. The molecule has 0 bridgehead atoms. The molecule has 0 fully saturated rings. The molecule has 18 heavy (non-hydrogen) atoms. The highest BCUT2D eigenvalue weighted by atomic mass is 35.5. The van der Waals surface area contributed by atoms with Crippen molar-refractivity contribution < 1.29 is 9.53 Å². The first-order valence-corrected chi connectivity index (χ1v) is 6.85. The van der Waals surface area contributed by atoms with Crippen LogP contribution >= 0.6 is 34.5 Å². The van der Waals surface area contributed by atoms with Gasteiger partial charge < -0.3 is 4.74 Å². The number of aryl methyl sites for hydroxylation is 1. The van der Waals surface area contributed by atoms with E-state index in [1.807, 2.05) is 0 Å². The predicted octanol–water partition coefficient (Wildman–Crippen LogP) is 3.49. The lowest BCUT2D eigenvalue weighted by molar-refractivity contribution is -0.140. The first-order valence-electron chi connectivity index (χ1n) is 5.28. The van der Waals surface area contributed by atoms with Crippen molar-refractivity contribution in [2.24, 2.45) is 0 Å². The fourth-order valence-corrected chi connectivity index (χ4v) is 2.91. The van der Waals surface area contributed by atoms with E-state index in [1.54, 1.807) is 6.07 Å². The number of methoxy groups -OCH3 is 1. The average Bonchev–Trinajstić information content (AvgIpc) is 2.70. The molecule has 2 heterocycles. The fourth-order valence-electron chi connectivity index (χ4n) is 1.50. The second-order valence-corrected chi connectivity index (χ2v) is 5.65. The third kappa shape index (κ3) is 3.10. The first kappa shape index (κ1) is 13.5. The van der Waals surface area contributed by atoms with E-state index in [0.717, 1.165) is 10.2 Å². The molecule has 0 aliphatic carbocycles. The zero-order valence-corrected chi connectivity index (χ0v) is 11.9. The van der Waals surface area contributed by atoms with Gasteiger partial charge in [0.2, 0.25) is 0 Å². The van der Waals surface area contributed by atoms with Crippen LogP contribution in [-0.2, 0) is 16.0 Å². The van der Waals surface area contributed by atoms with Crippen LogP contribution in [0, 0.1) is 0 Å². The number of nitrogens with zero attached hydrogens (tertiary/aromatic N) is 2. The van der Waals surface area contributed by atoms with Gasteiger partial charge in [-0.15, -0.1) is 11.3 Å². The Labute approximate surface area is 118 Å². The summed E-state index contributed by atoms with van der Waals surface area (Å²) in [4.78, 5) is 20.3. The SMILES string of the molecule is COC(=O)CCCc1nc(Cl)c2cc(Cl)sc2n1. The average molecular weight is 305 g/mol. The summed E-state index contributed by atoms with van der Waals surface area (Å²) in [5, 5.41) is 1.17. The molecule has 0 aliphatic rings. The summed E-state index contributed by atoms with van der Waals surface area (Å²) in [5.41, 5.74) is 0. The molecule has 0 saturated heterocycles. The van der Waals surface area contributed by atoms with E-state index >= 15 is 0 Å². The lowest BCUT2D eigenvalue weighted by atomic mass is 10.2. The molecular weight excluding hydrogens is 295 g/mol. The van der Waals surface area contributed by atoms with Gasteiger partial charge in [-0.2, -0.15) is 0 Å². The number of thiophene rings is 1. The standard InChI is InChI=1S/C11H10Cl2N2O2S/c1-17-9(16)4-2-3-8-14-10(13)6-5-7(12)18-11(6)15-8/h5H,2-4H2,1H3. The van der Waals surface area contributed by atoms with E-state index in [1.165, 1.54) is 18.4 Å². The molecule has 0 unspecified atom stereocenters. The summed E-state index contributed by atoms with van der Waals surface area (Å²) in [6, 6.07) is 1.75. The second-order valence-electron chi connectivity index (χ2n) is 3.63. The maximum Gasteiger partial charge on any atom is 0.305 e. The number of aromatic nitrogens is 2. The monoisotopic (exact) mass is 304 g/mol. The van der Waals surface area contributed by atoms with Crippen LogP contribution in [0.5, 0.6) is 0 Å². The van der Waals surface area contributed by atoms with Gasteiger partial charge in [0.05, 0.1) is 16.8 Å². The van der Waals surface area contributed by atoms with Crippen LogP contribution < -0.4 is 0 Å². The number of ether oxygens (including phenoxy) is 1. The fraction of sp³-hybridized carbons (Fsp3) is 0.364. The Morgan fingerprint density at radius 3 is 2.94 bits per heavy atom. The Kier molecular flexibility index (Phi) is 4.37. The highest BCUT2D eigenvalue weighted by molar-refractivity contribution is 7.22. The minimum absolute atomic E-state index is 0.235. The molecule has 0 amide bonds. The van der Waals surface area contributed by atoms with Crippen LogP contribution in [-0.4, -0.2) is 23.0 Å². The number of rotatable bonds is 4. The lowest BCUT2D eigenvalue weighted by Crippen LogP contribution is -2.02. The lowest BCUT2D eigenvalue weighted by Gasteiger charge is -2.01. The molecular formula is C11H10Cl2N2O2S. The number of esters is 1. The van der Waals surface area contributed by atoms with Gasteiger partial charge in [0.1, 0.15) is 15.8 Å². The molecule has 4 nitrogen and oxygen atoms in total. The van der Waals surface area contributed by atoms with Crippen LogP contribution in [0.4, 0.5) is 0 Å². The third-order valence-corrected chi connectivity index (χ3v) is 3.82. The van der Waals surface area contributed by atoms with Gasteiger partial charge in [-0.05, 0) is 12.5 Å². The van der Waals surface area contributed by atoms with Gasteiger partial charge in [-0.1, -0.05) is 23.2 Å². The number of fused-ring (bicyclic) bond motifs is 1. The molecule has 96 valence electrons. The van der Waals surface area contributed by atoms with Crippen molar-refractivity contribution in [3.8, 4) is 0 Å². The van der Waals surface area contributed by atoms with E-state index in [2.05, 4.69) is 14.7 Å². The molecule has 0 aliphatic heterocycles. The highest BCUT2D eigenvalue weighted by Crippen LogP contribution is 2.31. The molecule has 2 rings (SSSR count). The number of halogens is 2. The first-order chi connectivity index (χ1) is 8.60. The summed E-state index contributed by atoms with van der Waals surface area (Å²) in [6.45, 7) is 0. The smallest absolute Gasteiger partial charge is 0.305 e. The largest absolute Gasteiger partial charge is 0.469 e. The van der Waals surface area contributed by atoms with Gasteiger partial charge in [-0.25, -0.2) is 9.97 Å². The molecule has 0 saturated carbocycles. The zero-order chi connectivity index (χ0) is 13.1. The Bertz CT molecular complexity index is 586. The Balaban J connectivity index is 2.12. The zero-order valence-electron chi connectivity index (χ0n) is 9.57. The van der Waals surface area contributed by atoms with Crippen molar-refractivity contribution in [1.82, 2.24) is 9.97 Å². The van der Waals surface area contributed by atoms with Gasteiger partial charge in [-0.3, -0.25) is 4.79 Å². The van der Waals surface area contributed by atoms with Crippen LogP contribution in [0.1, 0.15) is 18.7 Å². The minimum Gasteiger partial charge on any atom is -0.469 e. The molecule has 2 aromatic heterocycles. The number of carbonyl (C=O) groups is 1. The Morgan fingerprint density at radius 1 is 1.44 bits per heavy atom. The minimum atomic E-state index is -0.235. The molecule has 7 heteroatoms. The summed E-state index contributed by atoms with van der Waals surface area (Å²) < 4.78 is 5.20. The maximum absolute atomic E-state index is 11.0. The Morgan fingerprint density at radius 2 is 2.22 bits per heavy atom. The van der Waals surface area contributed by atoms with Crippen LogP contribution in [0.15, 0.2) is 6.07 Å². The molecule has 2 aromatic rings. The summed E-state index contributed by atoms with van der Waals surface area (Å²) in [7, 11) is 1.37.